The highest BCUT2D eigenvalue weighted by Crippen LogP contribution is 2.30. The van der Waals surface area contributed by atoms with E-state index in [9.17, 15) is 22.8 Å². The van der Waals surface area contributed by atoms with Gasteiger partial charge in [0, 0.05) is 68.8 Å². The summed E-state index contributed by atoms with van der Waals surface area (Å²) in [6.07, 6.45) is -2.16. The van der Waals surface area contributed by atoms with Crippen molar-refractivity contribution in [2.24, 2.45) is 0 Å². The van der Waals surface area contributed by atoms with Gasteiger partial charge in [-0.3, -0.25) is 9.59 Å². The molecule has 228 valence electrons. The first-order chi connectivity index (χ1) is 21.0. The van der Waals surface area contributed by atoms with Crippen LogP contribution in [0.3, 0.4) is 0 Å². The van der Waals surface area contributed by atoms with Gasteiger partial charge in [0.25, 0.3) is 0 Å². The van der Waals surface area contributed by atoms with Crippen molar-refractivity contribution >= 4 is 17.3 Å². The molecule has 1 aromatic heterocycles. The minimum atomic E-state index is -4.52. The van der Waals surface area contributed by atoms with Crippen LogP contribution in [-0.4, -0.2) is 59.7 Å². The number of piperazine rings is 1. The molecule has 1 fully saturated rings. The van der Waals surface area contributed by atoms with E-state index in [-0.39, 0.29) is 30.6 Å². The number of likely N-dealkylation sites (N-methyl/N-ethyl adjacent to an activating group) is 1. The van der Waals surface area contributed by atoms with Crippen LogP contribution < -0.4 is 4.90 Å². The Morgan fingerprint density at radius 2 is 1.55 bits per heavy atom. The van der Waals surface area contributed by atoms with Gasteiger partial charge in [-0.1, -0.05) is 42.5 Å². The molecule has 6 nitrogen and oxygen atoms in total. The first-order valence-corrected chi connectivity index (χ1v) is 14.7. The van der Waals surface area contributed by atoms with Crippen molar-refractivity contribution in [2.75, 3.05) is 38.1 Å². The molecule has 2 heterocycles. The molecule has 0 atom stereocenters. The van der Waals surface area contributed by atoms with E-state index in [1.165, 1.54) is 24.1 Å². The molecule has 5 rings (SSSR count). The average Bonchev–Trinajstić information content (AvgIpc) is 2.99. The summed E-state index contributed by atoms with van der Waals surface area (Å²) in [6, 6.07) is 20.2. The van der Waals surface area contributed by atoms with Crippen molar-refractivity contribution in [2.45, 2.75) is 38.8 Å². The zero-order valence-electron chi connectivity index (χ0n) is 24.9. The molecule has 0 N–H and O–H groups in total. The summed E-state index contributed by atoms with van der Waals surface area (Å²) in [5.41, 5.74) is 5.29. The molecule has 1 saturated heterocycles. The molecule has 9 heteroatoms. The summed E-state index contributed by atoms with van der Waals surface area (Å²) in [5.74, 6) is -0.448. The minimum absolute atomic E-state index is 0.00338. The third-order valence-corrected chi connectivity index (χ3v) is 8.00. The number of rotatable bonds is 10. The average molecular weight is 601 g/mol. The van der Waals surface area contributed by atoms with Crippen molar-refractivity contribution in [1.29, 1.82) is 0 Å². The van der Waals surface area contributed by atoms with E-state index in [4.69, 9.17) is 0 Å². The fraction of sp³-hybridized carbons (Fsp3) is 0.314. The Morgan fingerprint density at radius 3 is 2.32 bits per heavy atom. The van der Waals surface area contributed by atoms with Crippen LogP contribution in [0.4, 0.5) is 18.9 Å². The molecule has 4 aromatic rings. The molecule has 0 aliphatic carbocycles. The van der Waals surface area contributed by atoms with Crippen molar-refractivity contribution in [3.05, 3.63) is 124 Å². The molecule has 0 spiro atoms. The zero-order valence-corrected chi connectivity index (χ0v) is 24.9. The Hall–Kier alpha value is -4.37. The largest absolute Gasteiger partial charge is 0.416 e. The summed E-state index contributed by atoms with van der Waals surface area (Å²) in [4.78, 5) is 39.4. The number of hydrogen-bond acceptors (Lipinski definition) is 6. The molecular weight excluding hydrogens is 565 g/mol. The second kappa shape index (κ2) is 13.5. The predicted octanol–water partition coefficient (Wildman–Crippen LogP) is 5.93. The second-order valence-corrected chi connectivity index (χ2v) is 11.5. The lowest BCUT2D eigenvalue weighted by atomic mass is 9.95. The van der Waals surface area contributed by atoms with Crippen LogP contribution in [-0.2, 0) is 36.7 Å². The smallest absolute Gasteiger partial charge is 0.369 e. The Morgan fingerprint density at radius 1 is 0.795 bits per heavy atom. The second-order valence-electron chi connectivity index (χ2n) is 11.5. The lowest BCUT2D eigenvalue weighted by molar-refractivity contribution is -0.137. The molecular formula is C35H35F3N4O2. The van der Waals surface area contributed by atoms with Gasteiger partial charge in [0.2, 0.25) is 0 Å². The maximum absolute atomic E-state index is 13.1. The lowest BCUT2D eigenvalue weighted by Crippen LogP contribution is -2.44. The quantitative estimate of drug-likeness (QED) is 0.211. The zero-order chi connectivity index (χ0) is 31.3. The van der Waals surface area contributed by atoms with Crippen molar-refractivity contribution < 1.29 is 22.8 Å². The summed E-state index contributed by atoms with van der Waals surface area (Å²) in [6.45, 7) is 5.95. The Bertz CT molecular complexity index is 1650. The minimum Gasteiger partial charge on any atom is -0.369 e. The highest BCUT2D eigenvalue weighted by molar-refractivity contribution is 5.97. The SMILES string of the molecule is Cc1ccc(CC(=O)c2cccc(C(F)(F)F)c2)cc1CC(=O)Cc1cc(Cc2cccc(N3CCN(C)CC3)c2)ncn1. The molecule has 1 aliphatic heterocycles. The molecule has 0 saturated carbocycles. The van der Waals surface area contributed by atoms with E-state index in [0.29, 0.717) is 17.7 Å². The first-order valence-electron chi connectivity index (χ1n) is 14.7. The molecule has 0 unspecified atom stereocenters. The van der Waals surface area contributed by atoms with Gasteiger partial charge in [-0.2, -0.15) is 13.2 Å². The van der Waals surface area contributed by atoms with Crippen LogP contribution in [0.25, 0.3) is 0 Å². The number of hydrogen-bond donors (Lipinski definition) is 0. The monoisotopic (exact) mass is 600 g/mol. The van der Waals surface area contributed by atoms with Gasteiger partial charge in [-0.05, 0) is 66.6 Å². The normalized spacial score (nSPS) is 14.1. The number of Topliss-reactive ketones (excluding diaryl/α,β-unsaturated/α-hetero) is 2. The van der Waals surface area contributed by atoms with Crippen LogP contribution >= 0.6 is 0 Å². The maximum atomic E-state index is 13.1. The van der Waals surface area contributed by atoms with Gasteiger partial charge in [-0.25, -0.2) is 9.97 Å². The topological polar surface area (TPSA) is 66.4 Å². The summed E-state index contributed by atoms with van der Waals surface area (Å²) in [5, 5.41) is 0. The molecule has 0 radical (unpaired) electrons. The van der Waals surface area contributed by atoms with Crippen LogP contribution in [0.2, 0.25) is 0 Å². The van der Waals surface area contributed by atoms with Gasteiger partial charge in [-0.15, -0.1) is 0 Å². The lowest BCUT2D eigenvalue weighted by Gasteiger charge is -2.34. The number of alkyl halides is 3. The number of carbonyl (C=O) groups is 2. The Kier molecular flexibility index (Phi) is 9.54. The Balaban J connectivity index is 1.21. The summed E-state index contributed by atoms with van der Waals surface area (Å²) in [7, 11) is 2.14. The third-order valence-electron chi connectivity index (χ3n) is 8.00. The summed E-state index contributed by atoms with van der Waals surface area (Å²) < 4.78 is 39.3. The molecule has 1 aliphatic rings. The molecule has 3 aromatic carbocycles. The van der Waals surface area contributed by atoms with E-state index in [1.807, 2.05) is 19.1 Å². The fourth-order valence-electron chi connectivity index (χ4n) is 5.43. The standard InChI is InChI=1S/C35H35F3N4O2/c1-24-9-10-26(18-34(44)27-6-4-7-29(19-27)35(36,37)38)15-28(24)20-33(43)22-31-21-30(39-23-40-31)16-25-5-3-8-32(17-25)42-13-11-41(2)12-14-42/h3-10,15,17,19,21,23H,11-14,16,18,20,22H2,1-2H3. The highest BCUT2D eigenvalue weighted by atomic mass is 19.4. The predicted molar refractivity (Wildman–Crippen MR) is 164 cm³/mol. The number of benzene rings is 3. The van der Waals surface area contributed by atoms with E-state index in [1.54, 1.807) is 12.1 Å². The number of aromatic nitrogens is 2. The van der Waals surface area contributed by atoms with E-state index in [2.05, 4.69) is 51.1 Å². The van der Waals surface area contributed by atoms with E-state index >= 15 is 0 Å². The van der Waals surface area contributed by atoms with E-state index < -0.39 is 17.5 Å². The van der Waals surface area contributed by atoms with E-state index in [0.717, 1.165) is 60.7 Å². The van der Waals surface area contributed by atoms with Crippen LogP contribution in [0, 0.1) is 6.92 Å². The number of ketones is 2. The number of aryl methyl sites for hydroxylation is 1. The van der Waals surface area contributed by atoms with Crippen molar-refractivity contribution in [1.82, 2.24) is 14.9 Å². The van der Waals surface area contributed by atoms with Gasteiger partial charge >= 0.3 is 6.18 Å². The first kappa shape index (κ1) is 31.1. The molecule has 44 heavy (non-hydrogen) atoms. The van der Waals surface area contributed by atoms with Gasteiger partial charge in [0.15, 0.2) is 5.78 Å². The van der Waals surface area contributed by atoms with Gasteiger partial charge < -0.3 is 9.80 Å². The molecule has 0 amide bonds. The third kappa shape index (κ3) is 8.17. The van der Waals surface area contributed by atoms with Gasteiger partial charge in [0.05, 0.1) is 11.3 Å². The fourth-order valence-corrected chi connectivity index (χ4v) is 5.43. The summed E-state index contributed by atoms with van der Waals surface area (Å²) >= 11 is 0. The highest BCUT2D eigenvalue weighted by Gasteiger charge is 2.31. The maximum Gasteiger partial charge on any atom is 0.416 e. The number of halogens is 3. The van der Waals surface area contributed by atoms with Crippen molar-refractivity contribution in [3.8, 4) is 0 Å². The van der Waals surface area contributed by atoms with Gasteiger partial charge in [0.1, 0.15) is 12.1 Å². The number of anilines is 1. The van der Waals surface area contributed by atoms with Crippen LogP contribution in [0.1, 0.15) is 49.6 Å². The number of carbonyl (C=O) groups excluding carboxylic acids is 2. The Labute approximate surface area is 255 Å². The van der Waals surface area contributed by atoms with Crippen LogP contribution in [0.5, 0.6) is 0 Å². The van der Waals surface area contributed by atoms with Crippen molar-refractivity contribution in [3.63, 3.8) is 0 Å². The number of nitrogens with zero attached hydrogens (tertiary/aromatic N) is 4. The van der Waals surface area contributed by atoms with Crippen LogP contribution in [0.15, 0.2) is 79.1 Å². The molecule has 0 bridgehead atoms.